The van der Waals surface area contributed by atoms with Crippen molar-refractivity contribution in [2.45, 2.75) is 31.8 Å². The Kier molecular flexibility index (Phi) is 4.51. The molecule has 2 aliphatic rings. The van der Waals surface area contributed by atoms with Crippen molar-refractivity contribution in [1.82, 2.24) is 4.57 Å². The number of aryl methyl sites for hydroxylation is 1. The van der Waals surface area contributed by atoms with Crippen LogP contribution >= 0.6 is 11.3 Å². The first-order chi connectivity index (χ1) is 16.1. The minimum absolute atomic E-state index is 0.116. The van der Waals surface area contributed by atoms with Gasteiger partial charge in [-0.25, -0.2) is 0 Å². The summed E-state index contributed by atoms with van der Waals surface area (Å²) in [5, 5.41) is 13.4. The van der Waals surface area contributed by atoms with Crippen molar-refractivity contribution in [3.63, 3.8) is 0 Å². The maximum atomic E-state index is 13.8. The van der Waals surface area contributed by atoms with Crippen molar-refractivity contribution in [3.05, 3.63) is 121 Å². The number of hydrogen-bond acceptors (Lipinski definition) is 5. The van der Waals surface area contributed by atoms with Gasteiger partial charge >= 0.3 is 0 Å². The summed E-state index contributed by atoms with van der Waals surface area (Å²) in [5.41, 5.74) is 5.66. The molecule has 33 heavy (non-hydrogen) atoms. The lowest BCUT2D eigenvalue weighted by atomic mass is 9.84. The summed E-state index contributed by atoms with van der Waals surface area (Å²) in [7, 11) is 0. The summed E-state index contributed by atoms with van der Waals surface area (Å²) in [5.74, 6) is -0.456. The molecule has 162 valence electrons. The standard InChI is InChI=1S/C27H20N2O3S/c1-17-11-23-24(26(30)29(17)15-18-5-3-2-4-6-18)25-22-8-7-19(14-28)12-20(22)13-27(31-23,32-25)21-9-10-33-16-21/h2-12,16,25H,13,15H2,1H3/t25-,27-/m0/s1. The van der Waals surface area contributed by atoms with Crippen molar-refractivity contribution < 1.29 is 9.47 Å². The van der Waals surface area contributed by atoms with Gasteiger partial charge in [-0.15, -0.1) is 0 Å². The topological polar surface area (TPSA) is 64.2 Å². The number of thiophene rings is 1. The third-order valence-corrected chi connectivity index (χ3v) is 7.16. The van der Waals surface area contributed by atoms with Crippen LogP contribution in [-0.2, 0) is 23.5 Å². The van der Waals surface area contributed by atoms with Gasteiger partial charge < -0.3 is 14.0 Å². The van der Waals surface area contributed by atoms with Crippen molar-refractivity contribution in [1.29, 1.82) is 5.26 Å². The van der Waals surface area contributed by atoms with Crippen LogP contribution in [0.2, 0.25) is 0 Å². The van der Waals surface area contributed by atoms with Crippen LogP contribution in [0.3, 0.4) is 0 Å². The number of ether oxygens (including phenoxy) is 2. The molecule has 4 heterocycles. The molecule has 0 saturated carbocycles. The molecular weight excluding hydrogens is 432 g/mol. The number of aromatic nitrogens is 1. The second-order valence-corrected chi connectivity index (χ2v) is 9.29. The minimum atomic E-state index is -1.02. The first-order valence-corrected chi connectivity index (χ1v) is 11.7. The summed E-state index contributed by atoms with van der Waals surface area (Å²) in [6.45, 7) is 2.41. The van der Waals surface area contributed by atoms with E-state index in [2.05, 4.69) is 6.07 Å². The largest absolute Gasteiger partial charge is 0.457 e. The third-order valence-electron chi connectivity index (χ3n) is 6.47. The van der Waals surface area contributed by atoms with Crippen LogP contribution in [0, 0.1) is 18.3 Å². The number of pyridine rings is 1. The molecule has 4 aromatic rings. The molecule has 0 N–H and O–H groups in total. The van der Waals surface area contributed by atoms with Gasteiger partial charge in [-0.2, -0.15) is 16.6 Å². The molecule has 0 unspecified atom stereocenters. The van der Waals surface area contributed by atoms with Crippen molar-refractivity contribution in [2.24, 2.45) is 0 Å². The molecule has 0 radical (unpaired) electrons. The van der Waals surface area contributed by atoms with Gasteiger partial charge in [0.05, 0.1) is 23.7 Å². The normalized spacial score (nSPS) is 20.3. The van der Waals surface area contributed by atoms with Gasteiger partial charge in [0.2, 0.25) is 5.79 Å². The molecule has 6 rings (SSSR count). The van der Waals surface area contributed by atoms with E-state index in [1.165, 1.54) is 0 Å². The second-order valence-electron chi connectivity index (χ2n) is 8.51. The zero-order chi connectivity index (χ0) is 22.6. The molecule has 0 spiro atoms. The molecule has 0 aliphatic carbocycles. The Morgan fingerprint density at radius 3 is 2.79 bits per heavy atom. The van der Waals surface area contributed by atoms with E-state index < -0.39 is 11.9 Å². The fourth-order valence-electron chi connectivity index (χ4n) is 4.84. The van der Waals surface area contributed by atoms with Crippen molar-refractivity contribution in [2.75, 3.05) is 0 Å². The van der Waals surface area contributed by atoms with E-state index in [0.29, 0.717) is 29.8 Å². The Bertz CT molecular complexity index is 1470. The average Bonchev–Trinajstić information content (AvgIpc) is 3.38. The van der Waals surface area contributed by atoms with Crippen LogP contribution in [0.15, 0.2) is 76.2 Å². The Hall–Kier alpha value is -3.66. The molecule has 0 saturated heterocycles. The van der Waals surface area contributed by atoms with E-state index in [9.17, 15) is 10.1 Å². The lowest BCUT2D eigenvalue weighted by molar-refractivity contribution is -0.237. The number of nitriles is 1. The average molecular weight is 453 g/mol. The van der Waals surface area contributed by atoms with Gasteiger partial charge in [-0.1, -0.05) is 36.4 Å². The first-order valence-electron chi connectivity index (χ1n) is 10.8. The van der Waals surface area contributed by atoms with Crippen LogP contribution in [0.4, 0.5) is 0 Å². The predicted molar refractivity (Wildman–Crippen MR) is 125 cm³/mol. The summed E-state index contributed by atoms with van der Waals surface area (Å²) >= 11 is 1.57. The third kappa shape index (κ3) is 3.12. The lowest BCUT2D eigenvalue weighted by Gasteiger charge is -2.46. The Morgan fingerprint density at radius 2 is 2.03 bits per heavy atom. The van der Waals surface area contributed by atoms with Crippen LogP contribution < -0.4 is 10.3 Å². The van der Waals surface area contributed by atoms with Crippen LogP contribution in [0.1, 0.15) is 45.2 Å². The lowest BCUT2D eigenvalue weighted by Crippen LogP contribution is -2.48. The Balaban J connectivity index is 1.56. The Morgan fingerprint density at radius 1 is 1.18 bits per heavy atom. The van der Waals surface area contributed by atoms with E-state index in [1.54, 1.807) is 22.0 Å². The number of hydrogen-bond donors (Lipinski definition) is 0. The zero-order valence-electron chi connectivity index (χ0n) is 17.9. The zero-order valence-corrected chi connectivity index (χ0v) is 18.8. The minimum Gasteiger partial charge on any atom is -0.457 e. The van der Waals surface area contributed by atoms with Gasteiger partial charge in [0.15, 0.2) is 0 Å². The van der Waals surface area contributed by atoms with E-state index in [0.717, 1.165) is 27.9 Å². The first kappa shape index (κ1) is 20.0. The fourth-order valence-corrected chi connectivity index (χ4v) is 5.55. The highest BCUT2D eigenvalue weighted by Crippen LogP contribution is 2.51. The monoisotopic (exact) mass is 452 g/mol. The summed E-state index contributed by atoms with van der Waals surface area (Å²) < 4.78 is 14.9. The summed E-state index contributed by atoms with van der Waals surface area (Å²) in [6.07, 6.45) is -0.100. The van der Waals surface area contributed by atoms with Crippen LogP contribution in [-0.4, -0.2) is 4.57 Å². The number of fused-ring (bicyclic) bond motifs is 6. The molecule has 2 aromatic heterocycles. The molecular formula is C27H20N2O3S. The number of benzene rings is 2. The quantitative estimate of drug-likeness (QED) is 0.437. The highest BCUT2D eigenvalue weighted by molar-refractivity contribution is 7.08. The Labute approximate surface area is 195 Å². The smallest absolute Gasteiger partial charge is 0.261 e. The molecule has 2 atom stereocenters. The molecule has 6 heteroatoms. The number of nitrogens with zero attached hydrogens (tertiary/aromatic N) is 2. The molecule has 2 aromatic carbocycles. The van der Waals surface area contributed by atoms with Gasteiger partial charge in [0, 0.05) is 29.1 Å². The van der Waals surface area contributed by atoms with Crippen molar-refractivity contribution >= 4 is 11.3 Å². The van der Waals surface area contributed by atoms with Gasteiger partial charge in [0.25, 0.3) is 5.56 Å². The highest BCUT2D eigenvalue weighted by atomic mass is 32.1. The van der Waals surface area contributed by atoms with E-state index in [4.69, 9.17) is 9.47 Å². The van der Waals surface area contributed by atoms with Gasteiger partial charge in [-0.05, 0) is 47.2 Å². The number of rotatable bonds is 3. The molecule has 0 amide bonds. The predicted octanol–water partition coefficient (Wildman–Crippen LogP) is 5.05. The van der Waals surface area contributed by atoms with E-state index in [1.807, 2.05) is 72.3 Å². The second kappa shape index (κ2) is 7.45. The van der Waals surface area contributed by atoms with E-state index >= 15 is 0 Å². The van der Waals surface area contributed by atoms with Gasteiger partial charge in [0.1, 0.15) is 11.9 Å². The van der Waals surface area contributed by atoms with Gasteiger partial charge in [-0.3, -0.25) is 4.79 Å². The molecule has 5 nitrogen and oxygen atoms in total. The SMILES string of the molecule is Cc1cc2c(c(=O)n1Cc1ccccc1)[C@H]1O[C@](c3ccsc3)(Cc3cc(C#N)ccc31)O2. The van der Waals surface area contributed by atoms with Crippen LogP contribution in [0.25, 0.3) is 0 Å². The maximum Gasteiger partial charge on any atom is 0.261 e. The van der Waals surface area contributed by atoms with Crippen molar-refractivity contribution in [3.8, 4) is 11.8 Å². The molecule has 0 fully saturated rings. The maximum absolute atomic E-state index is 13.8. The summed E-state index contributed by atoms with van der Waals surface area (Å²) in [6, 6.07) is 21.7. The molecule has 2 bridgehead atoms. The summed E-state index contributed by atoms with van der Waals surface area (Å²) in [4.78, 5) is 13.8. The molecule has 2 aliphatic heterocycles. The highest BCUT2D eigenvalue weighted by Gasteiger charge is 2.50. The fraction of sp³-hybridized carbons (Fsp3) is 0.185. The van der Waals surface area contributed by atoms with Crippen LogP contribution in [0.5, 0.6) is 5.75 Å². The van der Waals surface area contributed by atoms with E-state index in [-0.39, 0.29) is 5.56 Å².